The van der Waals surface area contributed by atoms with Crippen LogP contribution in [-0.4, -0.2) is 99.4 Å². The first-order valence-corrected chi connectivity index (χ1v) is 19.1. The number of phenols is 1. The number of hydrogen-bond acceptors (Lipinski definition) is 11. The smallest absolute Gasteiger partial charge is 0.245 e. The van der Waals surface area contributed by atoms with Gasteiger partial charge in [-0.25, -0.2) is 0 Å². The predicted molar refractivity (Wildman–Crippen MR) is 208 cm³/mol. The van der Waals surface area contributed by atoms with Crippen LogP contribution < -0.4 is 38.1 Å². The van der Waals surface area contributed by atoms with Crippen molar-refractivity contribution < 1.29 is 43.8 Å². The Labute approximate surface area is 325 Å². The van der Waals surface area contributed by atoms with Crippen LogP contribution in [0.1, 0.15) is 58.6 Å². The summed E-state index contributed by atoms with van der Waals surface area (Å²) in [6.07, 6.45) is -1.30. The lowest BCUT2D eigenvalue weighted by Crippen LogP contribution is -2.61. The normalized spacial score (nSPS) is 14.4. The van der Waals surface area contributed by atoms with E-state index in [0.717, 1.165) is 11.8 Å². The van der Waals surface area contributed by atoms with E-state index < -0.39 is 83.4 Å². The van der Waals surface area contributed by atoms with E-state index in [1.54, 1.807) is 56.3 Å². The number of phenolic OH excluding ortho intramolecular Hbond substituents is 1. The molecule has 11 N–H and O–H groups in total. The van der Waals surface area contributed by atoms with Gasteiger partial charge in [0.05, 0.1) is 12.6 Å². The van der Waals surface area contributed by atoms with Gasteiger partial charge in [-0.2, -0.15) is 0 Å². The second kappa shape index (κ2) is 23.0. The van der Waals surface area contributed by atoms with Crippen molar-refractivity contribution in [3.8, 4) is 5.75 Å². The number of nitrogens with two attached hydrogens (primary N) is 2. The molecule has 0 heterocycles. The van der Waals surface area contributed by atoms with Crippen molar-refractivity contribution >= 4 is 52.3 Å². The third kappa shape index (κ3) is 16.5. The van der Waals surface area contributed by atoms with E-state index in [1.807, 2.05) is 13.8 Å². The molecule has 0 radical (unpaired) electrons. The van der Waals surface area contributed by atoms with Crippen LogP contribution in [0.4, 0.5) is 0 Å². The number of aliphatic hydroxyl groups excluding tert-OH is 1. The fourth-order valence-electron chi connectivity index (χ4n) is 5.38. The van der Waals surface area contributed by atoms with Crippen molar-refractivity contribution in [3.05, 3.63) is 65.7 Å². The third-order valence-corrected chi connectivity index (χ3v) is 9.29. The Bertz CT molecular complexity index is 1610. The molecular weight excluding hydrogens is 731 g/mol. The van der Waals surface area contributed by atoms with Gasteiger partial charge in [-0.3, -0.25) is 33.6 Å². The Morgan fingerprint density at radius 1 is 0.673 bits per heavy atom. The van der Waals surface area contributed by atoms with Crippen LogP contribution in [0.15, 0.2) is 54.6 Å². The Hall–Kier alpha value is -5.00. The molecule has 0 aliphatic carbocycles. The number of aliphatic hydroxyl groups is 1. The van der Waals surface area contributed by atoms with Crippen LogP contribution >= 0.6 is 11.8 Å². The number of aromatic hydroxyl groups is 1. The molecule has 0 saturated carbocycles. The predicted octanol–water partition coefficient (Wildman–Crippen LogP) is -0.222. The number of rotatable bonds is 22. The molecule has 16 nitrogen and oxygen atoms in total. The highest BCUT2D eigenvalue weighted by Crippen LogP contribution is 2.16. The highest BCUT2D eigenvalue weighted by Gasteiger charge is 2.34. The molecule has 6 amide bonds. The number of benzene rings is 2. The molecule has 302 valence electrons. The average Bonchev–Trinajstić information content (AvgIpc) is 3.12. The molecule has 0 spiro atoms. The summed E-state index contributed by atoms with van der Waals surface area (Å²) in [5, 5.41) is 32.8. The van der Waals surface area contributed by atoms with Crippen LogP contribution in [0.3, 0.4) is 0 Å². The van der Waals surface area contributed by atoms with Gasteiger partial charge in [0.2, 0.25) is 40.6 Å². The highest BCUT2D eigenvalue weighted by molar-refractivity contribution is 8.13. The Morgan fingerprint density at radius 3 is 1.69 bits per heavy atom. The van der Waals surface area contributed by atoms with Crippen molar-refractivity contribution in [2.75, 3.05) is 12.3 Å². The average molecular weight is 786 g/mol. The van der Waals surface area contributed by atoms with Gasteiger partial charge in [-0.15, -0.1) is 0 Å². The number of amides is 6. The molecule has 0 unspecified atom stereocenters. The zero-order valence-electron chi connectivity index (χ0n) is 31.9. The van der Waals surface area contributed by atoms with Crippen LogP contribution in [0.5, 0.6) is 5.75 Å². The van der Waals surface area contributed by atoms with Crippen molar-refractivity contribution in [1.29, 1.82) is 0 Å². The number of carbonyl (C=O) groups is 7. The van der Waals surface area contributed by atoms with E-state index in [-0.39, 0.29) is 49.0 Å². The van der Waals surface area contributed by atoms with Gasteiger partial charge in [0, 0.05) is 25.0 Å². The Balaban J connectivity index is 2.41. The van der Waals surface area contributed by atoms with E-state index in [0.29, 0.717) is 11.1 Å². The van der Waals surface area contributed by atoms with Crippen molar-refractivity contribution in [2.24, 2.45) is 23.3 Å². The first-order chi connectivity index (χ1) is 25.9. The number of thioether (sulfide) groups is 1. The maximum atomic E-state index is 14.0. The molecule has 55 heavy (non-hydrogen) atoms. The van der Waals surface area contributed by atoms with Gasteiger partial charge >= 0.3 is 0 Å². The van der Waals surface area contributed by atoms with Crippen LogP contribution in [0, 0.1) is 11.8 Å². The monoisotopic (exact) mass is 785 g/mol. The second-order valence-electron chi connectivity index (χ2n) is 14.0. The molecule has 0 aromatic heterocycles. The second-order valence-corrected chi connectivity index (χ2v) is 15.1. The van der Waals surface area contributed by atoms with Crippen LogP contribution in [0.2, 0.25) is 0 Å². The lowest BCUT2D eigenvalue weighted by Gasteiger charge is -2.28. The van der Waals surface area contributed by atoms with Gasteiger partial charge in [-0.05, 0) is 48.4 Å². The molecule has 0 bridgehead atoms. The molecular formula is C38H55N7O9S. The van der Waals surface area contributed by atoms with Crippen LogP contribution in [-0.2, 0) is 46.4 Å². The lowest BCUT2D eigenvalue weighted by atomic mass is 9.99. The molecule has 0 aliphatic rings. The summed E-state index contributed by atoms with van der Waals surface area (Å²) >= 11 is 0.860. The molecule has 2 aromatic carbocycles. The molecule has 2 rings (SSSR count). The molecule has 2 aromatic rings. The third-order valence-electron chi connectivity index (χ3n) is 8.34. The molecule has 6 atom stereocenters. The van der Waals surface area contributed by atoms with E-state index in [1.165, 1.54) is 19.1 Å². The minimum atomic E-state index is -1.43. The van der Waals surface area contributed by atoms with Crippen LogP contribution in [0.25, 0.3) is 0 Å². The van der Waals surface area contributed by atoms with E-state index in [2.05, 4.69) is 26.6 Å². The standard InChI is InChI=1S/C38H55N7O9S/c1-21(2)17-27(41-35(51)28(18-24-9-7-6-8-10-24)43-37(53)33(23(5)46)44-31(49)20-39)34(50)42-29(19-25-11-13-26(47)14-12-25)36(52)45-32(22(3)4)38(54)55-16-15-30(40)48/h6-14,21-23,27-29,32-33,46-47H,15-20,39H2,1-5H3,(H2,40,48)(H,41,51)(H,42,50)(H,43,53)(H,44,49)(H,45,52)/t23-,27+,28+,29+,32+,33+/m1/s1. The maximum Gasteiger partial charge on any atom is 0.245 e. The van der Waals surface area contributed by atoms with Gasteiger partial charge < -0.3 is 48.3 Å². The largest absolute Gasteiger partial charge is 0.508 e. The molecule has 0 saturated heterocycles. The maximum absolute atomic E-state index is 14.0. The zero-order valence-corrected chi connectivity index (χ0v) is 32.7. The van der Waals surface area contributed by atoms with E-state index in [4.69, 9.17) is 11.5 Å². The quantitative estimate of drug-likeness (QED) is 0.0753. The summed E-state index contributed by atoms with van der Waals surface area (Å²) < 4.78 is 0. The van der Waals surface area contributed by atoms with Gasteiger partial charge in [0.1, 0.15) is 36.0 Å². The van der Waals surface area contributed by atoms with Crippen molar-refractivity contribution in [2.45, 2.75) is 96.6 Å². The summed E-state index contributed by atoms with van der Waals surface area (Å²) in [6, 6.07) is 8.64. The lowest BCUT2D eigenvalue weighted by molar-refractivity contribution is -0.136. The Morgan fingerprint density at radius 2 is 1.18 bits per heavy atom. The Kier molecular flexibility index (Phi) is 19.3. The summed E-state index contributed by atoms with van der Waals surface area (Å²) in [6.45, 7) is 7.99. The summed E-state index contributed by atoms with van der Waals surface area (Å²) in [7, 11) is 0. The van der Waals surface area contributed by atoms with Crippen molar-refractivity contribution in [3.63, 3.8) is 0 Å². The minimum absolute atomic E-state index is 0.00868. The SMILES string of the molecule is CC(C)C[C@H](NC(=O)[C@H](Cc1ccccc1)NC(=O)[C@@H](NC(=O)CN)[C@@H](C)O)C(=O)N[C@@H](Cc1ccc(O)cc1)C(=O)N[C@H](C(=O)SCCC(N)=O)C(C)C. The molecule has 0 fully saturated rings. The highest BCUT2D eigenvalue weighted by atomic mass is 32.2. The van der Waals surface area contributed by atoms with E-state index in [9.17, 15) is 43.8 Å². The summed E-state index contributed by atoms with van der Waals surface area (Å²) in [5.74, 6) is -4.64. The number of nitrogens with one attached hydrogen (secondary N) is 5. The van der Waals surface area contributed by atoms with Gasteiger partial charge in [0.25, 0.3) is 0 Å². The minimum Gasteiger partial charge on any atom is -0.508 e. The van der Waals surface area contributed by atoms with E-state index >= 15 is 0 Å². The topological polar surface area (TPSA) is 272 Å². The fraction of sp³-hybridized carbons (Fsp3) is 0.500. The fourth-order valence-corrected chi connectivity index (χ4v) is 6.39. The van der Waals surface area contributed by atoms with Gasteiger partial charge in [-0.1, -0.05) is 81.9 Å². The number of hydrogen-bond donors (Lipinski definition) is 9. The van der Waals surface area contributed by atoms with Crippen molar-refractivity contribution in [1.82, 2.24) is 26.6 Å². The molecule has 17 heteroatoms. The number of carbonyl (C=O) groups excluding carboxylic acids is 7. The molecule has 0 aliphatic heterocycles. The zero-order chi connectivity index (χ0) is 41.2. The summed E-state index contributed by atoms with van der Waals surface area (Å²) in [4.78, 5) is 91.5. The van der Waals surface area contributed by atoms with Gasteiger partial charge in [0.15, 0.2) is 0 Å². The summed E-state index contributed by atoms with van der Waals surface area (Å²) in [5.41, 5.74) is 11.8. The first kappa shape index (κ1) is 46.2. The first-order valence-electron chi connectivity index (χ1n) is 18.1. The number of primary amides is 1.